The van der Waals surface area contributed by atoms with Crippen LogP contribution >= 0.6 is 23.3 Å². The van der Waals surface area contributed by atoms with Gasteiger partial charge < -0.3 is 14.6 Å². The Labute approximate surface area is 250 Å². The molecular weight excluding hydrogens is 581 g/mol. The van der Waals surface area contributed by atoms with Crippen LogP contribution in [0.25, 0.3) is 0 Å². The molecule has 4 nitrogen and oxygen atoms in total. The van der Waals surface area contributed by atoms with Crippen LogP contribution in [0.1, 0.15) is 67.7 Å². The third-order valence-corrected chi connectivity index (χ3v) is 9.71. The van der Waals surface area contributed by atoms with Gasteiger partial charge in [0.2, 0.25) is 7.37 Å². The first-order chi connectivity index (χ1) is 19.3. The number of aryl methyl sites for hydroxylation is 2. The minimum Gasteiger partial charge on any atom is -0.492 e. The molecule has 3 aromatic carbocycles. The minimum absolute atomic E-state index is 0.551. The Bertz CT molecular complexity index is 1220. The predicted molar refractivity (Wildman–Crippen MR) is 173 cm³/mol. The lowest BCUT2D eigenvalue weighted by atomic mass is 9.89. The number of para-hydroxylation sites is 1. The second kappa shape index (κ2) is 17.0. The van der Waals surface area contributed by atoms with E-state index in [0.717, 1.165) is 49.2 Å². The average molecular weight is 629 g/mol. The van der Waals surface area contributed by atoms with E-state index in [0.29, 0.717) is 17.8 Å². The topological polar surface area (TPSA) is 47.6 Å². The van der Waals surface area contributed by atoms with Crippen molar-refractivity contribution in [3.63, 3.8) is 0 Å². The van der Waals surface area contributed by atoms with Crippen molar-refractivity contribution in [3.8, 4) is 11.5 Å². The molecule has 218 valence electrons. The second-order valence-electron chi connectivity index (χ2n) is 11.1. The van der Waals surface area contributed by atoms with Crippen molar-refractivity contribution >= 4 is 23.3 Å². The molecule has 0 aliphatic rings. The van der Waals surface area contributed by atoms with Crippen molar-refractivity contribution in [3.05, 3.63) is 93.5 Å². The van der Waals surface area contributed by atoms with Crippen molar-refractivity contribution in [1.82, 2.24) is 5.32 Å². The monoisotopic (exact) mass is 627 g/mol. The average Bonchev–Trinajstić information content (AvgIpc) is 2.92. The van der Waals surface area contributed by atoms with Gasteiger partial charge in [0.05, 0.1) is 11.1 Å². The smallest absolute Gasteiger partial charge is 0.245 e. The molecule has 0 radical (unpaired) electrons. The molecule has 6 heteroatoms. The van der Waals surface area contributed by atoms with Crippen molar-refractivity contribution < 1.29 is 13.8 Å². The molecule has 40 heavy (non-hydrogen) atoms. The number of nitrogens with one attached hydrogen (secondary N) is 1. The quantitative estimate of drug-likeness (QED) is 0.113. The molecule has 3 rings (SSSR count). The molecule has 0 amide bonds. The second-order valence-corrected chi connectivity index (χ2v) is 14.6. The molecule has 2 unspecified atom stereocenters. The van der Waals surface area contributed by atoms with Crippen molar-refractivity contribution in [1.29, 1.82) is 0 Å². The summed E-state index contributed by atoms with van der Waals surface area (Å²) in [5, 5.41) is 3.45. The van der Waals surface area contributed by atoms with Crippen molar-refractivity contribution in [2.45, 2.75) is 72.3 Å². The van der Waals surface area contributed by atoms with E-state index in [9.17, 15) is 4.57 Å². The van der Waals surface area contributed by atoms with Crippen LogP contribution in [-0.4, -0.2) is 26.0 Å². The molecule has 1 N–H and O–H groups in total. The third-order valence-electron chi connectivity index (χ3n) is 7.36. The van der Waals surface area contributed by atoms with Crippen LogP contribution in [0.5, 0.6) is 11.5 Å². The number of unbranched alkanes of at least 4 members (excludes halogenated alkanes) is 1. The minimum atomic E-state index is -2.65. The summed E-state index contributed by atoms with van der Waals surface area (Å²) in [7, 11) is -2.65. The molecule has 2 atom stereocenters. The van der Waals surface area contributed by atoms with Crippen molar-refractivity contribution in [2.75, 3.05) is 26.0 Å². The standard InChI is InChI=1S/C34H47BrNO3P/c1-5-6-12-29(24-30-17-16-27(2)28(3)23-30)13-10-21-38-34-19-18-31(25-33(34)35)26-36-20-11-22-40(4,37)39-32-14-8-7-9-15-32/h7-9,14-19,23,25,29,36H,5-6,10-13,20-22,24,26H2,1-4H3. The summed E-state index contributed by atoms with van der Waals surface area (Å²) < 4.78 is 25.6. The highest BCUT2D eigenvalue weighted by molar-refractivity contribution is 9.10. The van der Waals surface area contributed by atoms with Gasteiger partial charge in [-0.25, -0.2) is 0 Å². The first kappa shape index (κ1) is 32.4. The van der Waals surface area contributed by atoms with Gasteiger partial charge in [-0.3, -0.25) is 4.57 Å². The van der Waals surface area contributed by atoms with Crippen LogP contribution in [0.2, 0.25) is 0 Å². The Morgan fingerprint density at radius 3 is 2.38 bits per heavy atom. The Balaban J connectivity index is 1.36. The first-order valence-electron chi connectivity index (χ1n) is 14.7. The first-order valence-corrected chi connectivity index (χ1v) is 17.8. The molecule has 0 bridgehead atoms. The fourth-order valence-corrected chi connectivity index (χ4v) is 6.84. The van der Waals surface area contributed by atoms with Gasteiger partial charge in [-0.2, -0.15) is 0 Å². The van der Waals surface area contributed by atoms with E-state index in [2.05, 4.69) is 78.4 Å². The van der Waals surface area contributed by atoms with Gasteiger partial charge in [0.15, 0.2) is 0 Å². The summed E-state index contributed by atoms with van der Waals surface area (Å²) >= 11 is 3.69. The lowest BCUT2D eigenvalue weighted by Gasteiger charge is -2.18. The van der Waals surface area contributed by atoms with E-state index in [-0.39, 0.29) is 0 Å². The fraction of sp³-hybridized carbons (Fsp3) is 0.471. The summed E-state index contributed by atoms with van der Waals surface area (Å²) in [6.45, 7) is 10.7. The Kier molecular flexibility index (Phi) is 13.8. The Hall–Kier alpha value is -2.07. The maximum absolute atomic E-state index is 12.7. The van der Waals surface area contributed by atoms with Gasteiger partial charge in [-0.15, -0.1) is 0 Å². The summed E-state index contributed by atoms with van der Waals surface area (Å²) in [6, 6.07) is 22.6. The number of hydrogen-bond acceptors (Lipinski definition) is 4. The van der Waals surface area contributed by atoms with Crippen LogP contribution in [0.15, 0.2) is 71.2 Å². The summed E-state index contributed by atoms with van der Waals surface area (Å²) in [5.74, 6) is 2.27. The highest BCUT2D eigenvalue weighted by Gasteiger charge is 2.17. The van der Waals surface area contributed by atoms with Gasteiger partial charge in [-0.1, -0.05) is 68.7 Å². The molecule has 0 aliphatic heterocycles. The molecule has 0 fully saturated rings. The molecule has 0 heterocycles. The number of hydrogen-bond donors (Lipinski definition) is 1. The van der Waals surface area contributed by atoms with Gasteiger partial charge in [-0.05, 0) is 114 Å². The van der Waals surface area contributed by atoms with Crippen LogP contribution in [0.3, 0.4) is 0 Å². The van der Waals surface area contributed by atoms with E-state index in [1.165, 1.54) is 47.9 Å². The highest BCUT2D eigenvalue weighted by atomic mass is 79.9. The maximum Gasteiger partial charge on any atom is 0.245 e. The van der Waals surface area contributed by atoms with E-state index < -0.39 is 7.37 Å². The zero-order chi connectivity index (χ0) is 28.8. The fourth-order valence-electron chi connectivity index (χ4n) is 4.90. The lowest BCUT2D eigenvalue weighted by Crippen LogP contribution is -2.16. The SMILES string of the molecule is CCCCC(CCCOc1ccc(CNCCCP(C)(=O)Oc2ccccc2)cc1Br)Cc1ccc(C)c(C)c1. The van der Waals surface area contributed by atoms with Gasteiger partial charge in [0.1, 0.15) is 11.5 Å². The maximum atomic E-state index is 12.7. The van der Waals surface area contributed by atoms with E-state index in [1.807, 2.05) is 30.3 Å². The van der Waals surface area contributed by atoms with E-state index >= 15 is 0 Å². The Morgan fingerprint density at radius 1 is 0.900 bits per heavy atom. The lowest BCUT2D eigenvalue weighted by molar-refractivity contribution is 0.285. The van der Waals surface area contributed by atoms with E-state index in [4.69, 9.17) is 9.26 Å². The van der Waals surface area contributed by atoms with Gasteiger partial charge >= 0.3 is 0 Å². The normalized spacial score (nSPS) is 13.5. The number of halogens is 1. The molecule has 0 saturated heterocycles. The largest absolute Gasteiger partial charge is 0.492 e. The summed E-state index contributed by atoms with van der Waals surface area (Å²) in [5.41, 5.74) is 5.40. The van der Waals surface area contributed by atoms with Crippen LogP contribution in [0, 0.1) is 19.8 Å². The van der Waals surface area contributed by atoms with Crippen molar-refractivity contribution in [2.24, 2.45) is 5.92 Å². The summed E-state index contributed by atoms with van der Waals surface area (Å²) in [4.78, 5) is 0. The number of ether oxygens (including phenoxy) is 1. The van der Waals surface area contributed by atoms with Crippen LogP contribution in [-0.2, 0) is 17.5 Å². The molecular formula is C34H47BrNO3P. The number of benzene rings is 3. The van der Waals surface area contributed by atoms with Crippen LogP contribution < -0.4 is 14.6 Å². The highest BCUT2D eigenvalue weighted by Crippen LogP contribution is 2.43. The Morgan fingerprint density at radius 2 is 1.65 bits per heavy atom. The molecule has 3 aromatic rings. The van der Waals surface area contributed by atoms with Crippen LogP contribution in [0.4, 0.5) is 0 Å². The molecule has 0 aliphatic carbocycles. The van der Waals surface area contributed by atoms with Gasteiger partial charge in [0, 0.05) is 19.4 Å². The summed E-state index contributed by atoms with van der Waals surface area (Å²) in [6.07, 6.45) is 8.57. The third kappa shape index (κ3) is 11.8. The number of rotatable bonds is 18. The zero-order valence-corrected chi connectivity index (χ0v) is 27.2. The zero-order valence-electron chi connectivity index (χ0n) is 24.8. The molecule has 0 spiro atoms. The molecule has 0 aromatic heterocycles. The molecule has 0 saturated carbocycles. The predicted octanol–water partition coefficient (Wildman–Crippen LogP) is 9.74. The van der Waals surface area contributed by atoms with E-state index in [1.54, 1.807) is 6.66 Å². The van der Waals surface area contributed by atoms with Gasteiger partial charge in [0.25, 0.3) is 0 Å².